The minimum Gasteiger partial charge on any atom is -0.481 e. The van der Waals surface area contributed by atoms with E-state index >= 15 is 0 Å². The highest BCUT2D eigenvalue weighted by molar-refractivity contribution is 5.66. The summed E-state index contributed by atoms with van der Waals surface area (Å²) in [6.45, 7) is 2.15. The van der Waals surface area contributed by atoms with Gasteiger partial charge in [-0.05, 0) is 56.4 Å². The van der Waals surface area contributed by atoms with Crippen LogP contribution in [0.15, 0.2) is 12.2 Å². The Morgan fingerprint density at radius 2 is 2.00 bits per heavy atom. The lowest BCUT2D eigenvalue weighted by atomic mass is 10.1. The number of aliphatic carboxylic acids is 1. The maximum atomic E-state index is 10.4. The number of aliphatic hydroxyl groups excluding tert-OH is 1. The molecule has 0 bridgehead atoms. The predicted octanol–water partition coefficient (Wildman–Crippen LogP) is 4.55. The third-order valence-corrected chi connectivity index (χ3v) is 4.52. The van der Waals surface area contributed by atoms with Crippen LogP contribution in [0.1, 0.15) is 77.6 Å². The number of aliphatic hydroxyl groups is 1. The van der Waals surface area contributed by atoms with Crippen LogP contribution < -0.4 is 0 Å². The van der Waals surface area contributed by atoms with Gasteiger partial charge in [0, 0.05) is 6.42 Å². The molecule has 0 heterocycles. The summed E-state index contributed by atoms with van der Waals surface area (Å²) in [5.41, 5.74) is 0. The molecule has 0 radical (unpaired) electrons. The lowest BCUT2D eigenvalue weighted by molar-refractivity contribution is -0.137. The third-order valence-electron chi connectivity index (χ3n) is 4.52. The molecule has 1 unspecified atom stereocenters. The first kappa shape index (κ1) is 19.8. The molecule has 1 aliphatic carbocycles. The highest BCUT2D eigenvalue weighted by Crippen LogP contribution is 2.45. The molecule has 0 spiro atoms. The molecule has 0 aromatic rings. The van der Waals surface area contributed by atoms with Crippen LogP contribution in [0.3, 0.4) is 0 Å². The van der Waals surface area contributed by atoms with Crippen LogP contribution >= 0.6 is 0 Å². The smallest absolute Gasteiger partial charge is 0.303 e. The van der Waals surface area contributed by atoms with Crippen LogP contribution in [0.2, 0.25) is 0 Å². The number of carbonyl (C=O) groups is 1. The Labute approximate surface area is 141 Å². The average molecular weight is 320 g/mol. The van der Waals surface area contributed by atoms with Crippen molar-refractivity contribution in [3.63, 3.8) is 0 Å². The molecule has 2 N–H and O–H groups in total. The molecule has 0 aliphatic heterocycles. The number of rotatable bonds is 12. The average Bonchev–Trinajstić information content (AvgIpc) is 3.26. The largest absolute Gasteiger partial charge is 0.481 e. The highest BCUT2D eigenvalue weighted by atomic mass is 16.4. The van der Waals surface area contributed by atoms with Crippen LogP contribution in [0.4, 0.5) is 0 Å². The van der Waals surface area contributed by atoms with Gasteiger partial charge >= 0.3 is 5.97 Å². The SMILES string of the molecule is CCCCCC(O)C#C/C=C\CC[C@@H]1C[C@H]1CCCCC(=O)O. The third kappa shape index (κ3) is 11.0. The molecule has 3 atom stereocenters. The summed E-state index contributed by atoms with van der Waals surface area (Å²) in [6, 6.07) is 0. The van der Waals surface area contributed by atoms with Crippen LogP contribution in [0.25, 0.3) is 0 Å². The van der Waals surface area contributed by atoms with Crippen molar-refractivity contribution in [2.45, 2.75) is 83.7 Å². The van der Waals surface area contributed by atoms with E-state index in [-0.39, 0.29) is 0 Å². The molecule has 0 saturated heterocycles. The Morgan fingerprint density at radius 1 is 1.22 bits per heavy atom. The van der Waals surface area contributed by atoms with Gasteiger partial charge in [0.1, 0.15) is 6.10 Å². The van der Waals surface area contributed by atoms with Crippen molar-refractivity contribution in [2.24, 2.45) is 11.8 Å². The van der Waals surface area contributed by atoms with Crippen LogP contribution in [0, 0.1) is 23.7 Å². The molecule has 130 valence electrons. The van der Waals surface area contributed by atoms with E-state index in [0.29, 0.717) is 6.42 Å². The number of carboxylic acids is 1. The zero-order valence-electron chi connectivity index (χ0n) is 14.5. The van der Waals surface area contributed by atoms with Crippen molar-refractivity contribution in [1.82, 2.24) is 0 Å². The summed E-state index contributed by atoms with van der Waals surface area (Å²) < 4.78 is 0. The second-order valence-electron chi connectivity index (χ2n) is 6.68. The van der Waals surface area contributed by atoms with Crippen molar-refractivity contribution >= 4 is 5.97 Å². The molecule has 1 saturated carbocycles. The van der Waals surface area contributed by atoms with E-state index in [4.69, 9.17) is 5.11 Å². The summed E-state index contributed by atoms with van der Waals surface area (Å²) in [5, 5.41) is 18.2. The monoisotopic (exact) mass is 320 g/mol. The highest BCUT2D eigenvalue weighted by Gasteiger charge is 2.34. The van der Waals surface area contributed by atoms with Gasteiger partial charge in [-0.15, -0.1) is 0 Å². The Morgan fingerprint density at radius 3 is 2.74 bits per heavy atom. The summed E-state index contributed by atoms with van der Waals surface area (Å²) in [4.78, 5) is 10.4. The number of hydrogen-bond acceptors (Lipinski definition) is 2. The fourth-order valence-corrected chi connectivity index (χ4v) is 2.96. The Kier molecular flexibility index (Phi) is 10.5. The van der Waals surface area contributed by atoms with Crippen LogP contribution in [-0.4, -0.2) is 22.3 Å². The minimum absolute atomic E-state index is 0.309. The maximum absolute atomic E-state index is 10.4. The van der Waals surface area contributed by atoms with E-state index < -0.39 is 12.1 Å². The van der Waals surface area contributed by atoms with Gasteiger partial charge in [0.25, 0.3) is 0 Å². The van der Waals surface area contributed by atoms with E-state index in [0.717, 1.165) is 50.4 Å². The standard InChI is InChI=1S/C20H32O3/c1-2-3-6-13-19(21)14-8-5-4-7-11-17-16-18(17)12-9-10-15-20(22)23/h4-5,17-19,21H,2-3,6-7,9-13,15-16H2,1H3,(H,22,23)/b5-4-/t17-,18-,19?/m1/s1. The first-order valence-corrected chi connectivity index (χ1v) is 9.19. The topological polar surface area (TPSA) is 57.5 Å². The zero-order chi connectivity index (χ0) is 16.9. The van der Waals surface area contributed by atoms with E-state index in [1.807, 2.05) is 6.08 Å². The van der Waals surface area contributed by atoms with Crippen molar-refractivity contribution in [3.05, 3.63) is 12.2 Å². The lowest BCUT2D eigenvalue weighted by Crippen LogP contribution is -2.01. The molecule has 3 heteroatoms. The van der Waals surface area contributed by atoms with Gasteiger partial charge in [0.05, 0.1) is 0 Å². The predicted molar refractivity (Wildman–Crippen MR) is 94.0 cm³/mol. The minimum atomic E-state index is -0.681. The van der Waals surface area contributed by atoms with Crippen molar-refractivity contribution < 1.29 is 15.0 Å². The van der Waals surface area contributed by atoms with E-state index in [1.165, 1.54) is 25.7 Å². The van der Waals surface area contributed by atoms with Gasteiger partial charge in [-0.3, -0.25) is 4.79 Å². The molecular weight excluding hydrogens is 288 g/mol. The summed E-state index contributed by atoms with van der Waals surface area (Å²) in [7, 11) is 0. The molecule has 1 aliphatic rings. The molecule has 0 aromatic carbocycles. The Bertz CT molecular complexity index is 416. The van der Waals surface area contributed by atoms with Gasteiger partial charge in [-0.2, -0.15) is 0 Å². The van der Waals surface area contributed by atoms with E-state index in [9.17, 15) is 9.90 Å². The molecule has 1 rings (SSSR count). The Hall–Kier alpha value is -1.27. The van der Waals surface area contributed by atoms with Crippen molar-refractivity contribution in [2.75, 3.05) is 0 Å². The molecule has 23 heavy (non-hydrogen) atoms. The quantitative estimate of drug-likeness (QED) is 0.410. The lowest BCUT2D eigenvalue weighted by Gasteiger charge is -2.00. The van der Waals surface area contributed by atoms with Crippen molar-refractivity contribution in [3.8, 4) is 11.8 Å². The summed E-state index contributed by atoms with van der Waals surface area (Å²) in [6.07, 6.45) is 14.6. The number of hydrogen-bond donors (Lipinski definition) is 2. The van der Waals surface area contributed by atoms with Crippen molar-refractivity contribution in [1.29, 1.82) is 0 Å². The second kappa shape index (κ2) is 12.2. The number of unbranched alkanes of at least 4 members (excludes halogenated alkanes) is 3. The van der Waals surface area contributed by atoms with Crippen LogP contribution in [-0.2, 0) is 4.79 Å². The van der Waals surface area contributed by atoms with Gasteiger partial charge < -0.3 is 10.2 Å². The van der Waals surface area contributed by atoms with Gasteiger partial charge in [0.2, 0.25) is 0 Å². The first-order valence-electron chi connectivity index (χ1n) is 9.19. The number of allylic oxidation sites excluding steroid dienone is 2. The molecule has 0 amide bonds. The molecule has 0 aromatic heterocycles. The van der Waals surface area contributed by atoms with E-state index in [2.05, 4.69) is 24.8 Å². The fraction of sp³-hybridized carbons (Fsp3) is 0.750. The van der Waals surface area contributed by atoms with E-state index in [1.54, 1.807) is 0 Å². The molecule has 1 fully saturated rings. The van der Waals surface area contributed by atoms with Crippen LogP contribution in [0.5, 0.6) is 0 Å². The normalized spacial score (nSPS) is 21.0. The molecular formula is C20H32O3. The molecule has 3 nitrogen and oxygen atoms in total. The van der Waals surface area contributed by atoms with Gasteiger partial charge in [-0.1, -0.05) is 50.5 Å². The fourth-order valence-electron chi connectivity index (χ4n) is 2.96. The maximum Gasteiger partial charge on any atom is 0.303 e. The number of carboxylic acid groups (broad SMARTS) is 1. The summed E-state index contributed by atoms with van der Waals surface area (Å²) >= 11 is 0. The zero-order valence-corrected chi connectivity index (χ0v) is 14.5. The van der Waals surface area contributed by atoms with Gasteiger partial charge in [-0.25, -0.2) is 0 Å². The van der Waals surface area contributed by atoms with Gasteiger partial charge in [0.15, 0.2) is 0 Å². The Balaban J connectivity index is 1.98. The first-order chi connectivity index (χ1) is 11.1. The summed E-state index contributed by atoms with van der Waals surface area (Å²) in [5.74, 6) is 6.77. The second-order valence-corrected chi connectivity index (χ2v) is 6.68.